The van der Waals surface area contributed by atoms with E-state index in [0.717, 1.165) is 0 Å². The smallest absolute Gasteiger partial charge is 0.287 e. The molecule has 0 amide bonds. The van der Waals surface area contributed by atoms with Crippen LogP contribution in [-0.4, -0.2) is 114 Å². The highest BCUT2D eigenvalue weighted by Gasteiger charge is 2.52. The molecule has 0 radical (unpaired) electrons. The van der Waals surface area contributed by atoms with Gasteiger partial charge in [0.2, 0.25) is 0 Å². The summed E-state index contributed by atoms with van der Waals surface area (Å²) >= 11 is 9.56. The van der Waals surface area contributed by atoms with Crippen molar-refractivity contribution in [1.82, 2.24) is 39.0 Å². The molecule has 2 fully saturated rings. The average Bonchev–Trinajstić information content (AvgIpc) is 3.73. The normalized spacial score (nSPS) is 31.5. The maximum Gasteiger partial charge on any atom is 0.287 e. The number of ether oxygens (including phenoxy) is 2. The number of imidazole rings is 2. The first-order valence-electron chi connectivity index (χ1n) is 12.8. The first-order valence-corrected chi connectivity index (χ1v) is 18.0. The van der Waals surface area contributed by atoms with Crippen molar-refractivity contribution in [3.63, 3.8) is 0 Å². The number of rotatable bonds is 10. The van der Waals surface area contributed by atoms with Crippen molar-refractivity contribution in [2.45, 2.75) is 49.1 Å². The van der Waals surface area contributed by atoms with Crippen LogP contribution in [0, 0.1) is 0 Å². The zero-order chi connectivity index (χ0) is 32.3. The van der Waals surface area contributed by atoms with Crippen LogP contribution in [0.5, 0.6) is 0 Å². The largest absolute Gasteiger partial charge is 0.649 e. The predicted molar refractivity (Wildman–Crippen MR) is 155 cm³/mol. The third-order valence-electron chi connectivity index (χ3n) is 7.03. The van der Waals surface area contributed by atoms with Crippen molar-refractivity contribution in [3.8, 4) is 0 Å². The molecule has 9 N–H and O–H groups in total. The number of aromatic nitrogens is 8. The van der Waals surface area contributed by atoms with Gasteiger partial charge in [0, 0.05) is 0 Å². The zero-order valence-corrected chi connectivity index (χ0v) is 25.9. The minimum Gasteiger partial charge on any atom is -0.649 e. The third kappa shape index (κ3) is 6.52. The summed E-state index contributed by atoms with van der Waals surface area (Å²) < 4.78 is 30.2. The molecule has 6 rings (SSSR count). The van der Waals surface area contributed by atoms with Crippen LogP contribution in [0.15, 0.2) is 25.3 Å². The Hall–Kier alpha value is -2.18. The van der Waals surface area contributed by atoms with Crippen LogP contribution in [0.1, 0.15) is 12.5 Å². The van der Waals surface area contributed by atoms with Gasteiger partial charge in [-0.05, 0) is 0 Å². The first-order chi connectivity index (χ1) is 21.2. The Morgan fingerprint density at radius 2 is 1.29 bits per heavy atom. The molecule has 25 heteroatoms. The number of hydrogen-bond acceptors (Lipinski definition) is 21. The number of aliphatic hydroxyl groups excluding tert-OH is 3. The molecular formula is C20H25N10O11P2S2-. The summed E-state index contributed by atoms with van der Waals surface area (Å²) in [4.78, 5) is 56.2. The number of nitrogens with zero attached hydrogens (tertiary/aromatic N) is 8. The predicted octanol–water partition coefficient (Wildman–Crippen LogP) is -3.08. The zero-order valence-electron chi connectivity index (χ0n) is 22.5. The Morgan fingerprint density at radius 3 is 1.87 bits per heavy atom. The summed E-state index contributed by atoms with van der Waals surface area (Å²) in [7, 11) is -8.66. The number of hydrogen-bond donors (Lipinski definition) is 7. The average molecular weight is 708 g/mol. The van der Waals surface area contributed by atoms with Gasteiger partial charge in [0.15, 0.2) is 41.5 Å². The summed E-state index contributed by atoms with van der Waals surface area (Å²) in [6, 6.07) is 0. The van der Waals surface area contributed by atoms with Gasteiger partial charge in [-0.2, -0.15) is 9.05 Å². The molecule has 45 heavy (non-hydrogen) atoms. The molecule has 0 spiro atoms. The molecule has 4 aromatic rings. The molecule has 0 saturated carbocycles. The second-order valence-electron chi connectivity index (χ2n) is 9.87. The summed E-state index contributed by atoms with van der Waals surface area (Å²) in [6.45, 7) is -1.19. The van der Waals surface area contributed by atoms with Gasteiger partial charge in [0.1, 0.15) is 74.6 Å². The van der Waals surface area contributed by atoms with Gasteiger partial charge in [-0.25, -0.2) is 44.2 Å². The molecule has 4 aromatic heterocycles. The van der Waals surface area contributed by atoms with Gasteiger partial charge in [-0.15, -0.1) is 0 Å². The molecule has 0 aliphatic carbocycles. The van der Waals surface area contributed by atoms with Crippen molar-refractivity contribution in [3.05, 3.63) is 25.3 Å². The Kier molecular flexibility index (Phi) is 9.06. The van der Waals surface area contributed by atoms with Gasteiger partial charge in [0.05, 0.1) is 12.7 Å². The SMILES string of the molecule is Nc1ncnc2c1ncn2[C@@H]1O[C@H](CO[P+](O)([S-])O[C@@H]2[C@H](O)[C@@H](CO[P+]([O-])(O)[S-])O[C@H]2n2cnc3c(N)ncnc32)[C@@H](O)[C@H]1O. The summed E-state index contributed by atoms with van der Waals surface area (Å²) in [6.07, 6.45) is -6.13. The van der Waals surface area contributed by atoms with Crippen LogP contribution in [0.4, 0.5) is 11.6 Å². The van der Waals surface area contributed by atoms with E-state index in [-0.39, 0.29) is 34.0 Å². The molecule has 0 bridgehead atoms. The number of aliphatic hydroxyl groups is 3. The lowest BCUT2D eigenvalue weighted by atomic mass is 10.1. The van der Waals surface area contributed by atoms with Crippen molar-refractivity contribution in [2.24, 2.45) is 0 Å². The number of fused-ring (bicyclic) bond motifs is 2. The van der Waals surface area contributed by atoms with Crippen LogP contribution in [0.3, 0.4) is 0 Å². The highest BCUT2D eigenvalue weighted by molar-refractivity contribution is 8.35. The molecule has 2 aliphatic rings. The van der Waals surface area contributed by atoms with Gasteiger partial charge in [-0.1, -0.05) is 0 Å². The molecule has 21 nitrogen and oxygen atoms in total. The lowest BCUT2D eigenvalue weighted by Crippen LogP contribution is -2.37. The second kappa shape index (κ2) is 12.4. The molecule has 2 unspecified atom stereocenters. The van der Waals surface area contributed by atoms with E-state index in [1.807, 2.05) is 0 Å². The molecule has 2 saturated heterocycles. The fraction of sp³-hybridized carbons (Fsp3) is 0.500. The minimum absolute atomic E-state index is 0.0489. The topological polar surface area (TPSA) is 310 Å². The van der Waals surface area contributed by atoms with E-state index in [0.29, 0.717) is 0 Å². The van der Waals surface area contributed by atoms with Crippen molar-refractivity contribution >= 4 is 72.8 Å². The molecule has 0 aromatic carbocycles. The maximum absolute atomic E-state index is 11.5. The highest BCUT2D eigenvalue weighted by Crippen LogP contribution is 2.58. The Labute approximate surface area is 263 Å². The summed E-state index contributed by atoms with van der Waals surface area (Å²) in [5, 5.41) is 32.4. The lowest BCUT2D eigenvalue weighted by molar-refractivity contribution is -0.207. The van der Waals surface area contributed by atoms with E-state index in [9.17, 15) is 30.0 Å². The second-order valence-corrected chi connectivity index (χ2v) is 15.2. The number of anilines is 2. The monoisotopic (exact) mass is 707 g/mol. The van der Waals surface area contributed by atoms with Crippen molar-refractivity contribution in [1.29, 1.82) is 0 Å². The van der Waals surface area contributed by atoms with Gasteiger partial charge >= 0.3 is 0 Å². The van der Waals surface area contributed by atoms with Crippen LogP contribution < -0.4 is 16.4 Å². The molecule has 10 atom stereocenters. The minimum atomic E-state index is -4.37. The highest BCUT2D eigenvalue weighted by atomic mass is 32.7. The molecule has 244 valence electrons. The summed E-state index contributed by atoms with van der Waals surface area (Å²) in [5.41, 5.74) is 12.5. The Morgan fingerprint density at radius 1 is 0.778 bits per heavy atom. The van der Waals surface area contributed by atoms with Gasteiger partial charge in [-0.3, -0.25) is 9.13 Å². The van der Waals surface area contributed by atoms with E-state index >= 15 is 0 Å². The standard InChI is InChI=1S/C20H26N10O11P2S2/c21-15-9-17(25-3-23-15)29(5-27-9)19-13(33)11(31)7(39-19)2-38-43(36,45)41-14-12(32)8(1-37-42(34,35)44)40-20(14)30-6-28-10-16(22)24-4-26-18(10)30/h3-8,11-14,19-20,31-33H,1-2H2,(H,36,45)(H2,21,23,25)(H2,22,24,26)(H2,34,35,44)/p-1/t7-,8-,11-,12-,13-,14-,19-,20-,43?/m1/s1. The quantitative estimate of drug-likeness (QED) is 0.0635. The van der Waals surface area contributed by atoms with Gasteiger partial charge in [0.25, 0.3) is 7.15 Å². The van der Waals surface area contributed by atoms with Crippen LogP contribution in [-0.2, 0) is 47.5 Å². The lowest BCUT2D eigenvalue weighted by Gasteiger charge is -2.29. The summed E-state index contributed by atoms with van der Waals surface area (Å²) in [5.74, 6) is 0.150. The molecule has 2 aliphatic heterocycles. The molecular weight excluding hydrogens is 682 g/mol. The van der Waals surface area contributed by atoms with Crippen LogP contribution in [0.25, 0.3) is 22.3 Å². The molecule has 6 heterocycles. The maximum atomic E-state index is 11.5. The number of nitrogens with two attached hydrogens (primary N) is 2. The fourth-order valence-corrected chi connectivity index (χ4v) is 6.85. The fourth-order valence-electron chi connectivity index (χ4n) is 4.92. The van der Waals surface area contributed by atoms with Crippen LogP contribution >= 0.6 is 14.3 Å². The van der Waals surface area contributed by atoms with E-state index in [2.05, 4.69) is 42.2 Å². The van der Waals surface area contributed by atoms with Crippen molar-refractivity contribution < 1.29 is 53.0 Å². The first kappa shape index (κ1) is 32.7. The van der Waals surface area contributed by atoms with Crippen molar-refractivity contribution in [2.75, 3.05) is 24.7 Å². The van der Waals surface area contributed by atoms with E-state index < -0.39 is 76.6 Å². The van der Waals surface area contributed by atoms with Crippen LogP contribution in [0.2, 0.25) is 0 Å². The third-order valence-corrected chi connectivity index (χ3v) is 9.38. The van der Waals surface area contributed by atoms with E-state index in [1.165, 1.54) is 34.4 Å². The Bertz CT molecular complexity index is 1680. The van der Waals surface area contributed by atoms with E-state index in [4.69, 9.17) is 46.8 Å². The number of nitrogen functional groups attached to an aromatic ring is 2. The Balaban J connectivity index is 1.18. The van der Waals surface area contributed by atoms with Gasteiger partial charge < -0.3 is 65.7 Å². The van der Waals surface area contributed by atoms with E-state index in [1.54, 1.807) is 0 Å².